The molecule has 0 atom stereocenters. The molecule has 0 saturated heterocycles. The molecule has 20 heavy (non-hydrogen) atoms. The summed E-state index contributed by atoms with van der Waals surface area (Å²) >= 11 is 5.79. The van der Waals surface area contributed by atoms with Crippen molar-refractivity contribution < 1.29 is 9.53 Å². The summed E-state index contributed by atoms with van der Waals surface area (Å²) in [5.41, 5.74) is 1.93. The van der Waals surface area contributed by atoms with E-state index in [9.17, 15) is 4.79 Å². The smallest absolute Gasteiger partial charge is 0.200 e. The van der Waals surface area contributed by atoms with Crippen LogP contribution in [0.2, 0.25) is 5.02 Å². The summed E-state index contributed by atoms with van der Waals surface area (Å²) in [5.74, 6) is 0.619. The number of ketones is 1. The number of Topliss-reactive ketones (excluding diaryl/α,β-unsaturated/α-hetero) is 1. The van der Waals surface area contributed by atoms with Crippen molar-refractivity contribution in [3.63, 3.8) is 0 Å². The van der Waals surface area contributed by atoms with Gasteiger partial charge in [-0.2, -0.15) is 0 Å². The van der Waals surface area contributed by atoms with Crippen LogP contribution in [0.4, 0.5) is 0 Å². The van der Waals surface area contributed by atoms with E-state index < -0.39 is 0 Å². The van der Waals surface area contributed by atoms with Crippen molar-refractivity contribution in [2.24, 2.45) is 0 Å². The molecule has 0 spiro atoms. The van der Waals surface area contributed by atoms with Crippen molar-refractivity contribution in [2.75, 3.05) is 6.61 Å². The van der Waals surface area contributed by atoms with Crippen molar-refractivity contribution in [3.05, 3.63) is 64.7 Å². The molecule has 0 aliphatic heterocycles. The maximum Gasteiger partial charge on any atom is 0.200 e. The summed E-state index contributed by atoms with van der Waals surface area (Å²) < 4.78 is 5.45. The number of carbonyl (C=O) groups excluding carboxylic acids is 1. The molecule has 0 N–H and O–H groups in total. The van der Waals surface area contributed by atoms with Gasteiger partial charge in [-0.3, -0.25) is 4.79 Å². The molecule has 0 aliphatic carbocycles. The van der Waals surface area contributed by atoms with E-state index in [4.69, 9.17) is 16.3 Å². The molecule has 2 rings (SSSR count). The minimum absolute atomic E-state index is 0.0250. The summed E-state index contributed by atoms with van der Waals surface area (Å²) in [5, 5.41) is 0.648. The maximum absolute atomic E-state index is 12.0. The molecule has 0 heterocycles. The van der Waals surface area contributed by atoms with E-state index >= 15 is 0 Å². The van der Waals surface area contributed by atoms with Gasteiger partial charge in [0.2, 0.25) is 0 Å². The molecular weight excluding hydrogens is 272 g/mol. The van der Waals surface area contributed by atoms with Gasteiger partial charge >= 0.3 is 0 Å². The predicted octanol–water partition coefficient (Wildman–Crippen LogP) is 4.55. The van der Waals surface area contributed by atoms with Gasteiger partial charge in [-0.05, 0) is 36.2 Å². The lowest BCUT2D eigenvalue weighted by molar-refractivity contribution is 0.0921. The van der Waals surface area contributed by atoms with Gasteiger partial charge in [0, 0.05) is 10.6 Å². The molecule has 2 aromatic rings. The molecule has 0 aliphatic rings. The Labute approximate surface area is 124 Å². The zero-order chi connectivity index (χ0) is 14.4. The van der Waals surface area contributed by atoms with Crippen LogP contribution < -0.4 is 4.74 Å². The van der Waals surface area contributed by atoms with Gasteiger partial charge in [-0.25, -0.2) is 0 Å². The van der Waals surface area contributed by atoms with Crippen LogP contribution >= 0.6 is 11.6 Å². The number of aryl methyl sites for hydroxylation is 1. The van der Waals surface area contributed by atoms with E-state index in [1.807, 2.05) is 24.3 Å². The molecule has 104 valence electrons. The number of hydrogen-bond acceptors (Lipinski definition) is 2. The number of carbonyl (C=O) groups is 1. The van der Waals surface area contributed by atoms with Crippen LogP contribution in [0.25, 0.3) is 0 Å². The lowest BCUT2D eigenvalue weighted by atomic mass is 10.1. The Morgan fingerprint density at radius 2 is 1.70 bits per heavy atom. The Balaban J connectivity index is 1.92. The molecule has 0 fully saturated rings. The molecule has 0 saturated carbocycles. The first kappa shape index (κ1) is 14.6. The van der Waals surface area contributed by atoms with Crippen molar-refractivity contribution in [2.45, 2.75) is 19.8 Å². The van der Waals surface area contributed by atoms with Gasteiger partial charge in [-0.1, -0.05) is 49.2 Å². The largest absolute Gasteiger partial charge is 0.485 e. The number of benzene rings is 2. The molecule has 0 amide bonds. The van der Waals surface area contributed by atoms with Gasteiger partial charge < -0.3 is 4.74 Å². The minimum Gasteiger partial charge on any atom is -0.485 e. The highest BCUT2D eigenvalue weighted by Gasteiger charge is 2.06. The molecule has 3 heteroatoms. The van der Waals surface area contributed by atoms with Gasteiger partial charge in [-0.15, -0.1) is 0 Å². The van der Waals surface area contributed by atoms with E-state index in [2.05, 4.69) is 6.92 Å². The number of halogens is 1. The van der Waals surface area contributed by atoms with Crippen LogP contribution in [-0.4, -0.2) is 12.4 Å². The molecule has 2 nitrogen and oxygen atoms in total. The second-order valence-corrected chi connectivity index (χ2v) is 5.05. The van der Waals surface area contributed by atoms with Crippen LogP contribution in [0.15, 0.2) is 48.5 Å². The molecule has 0 radical (unpaired) electrons. The Bertz CT molecular complexity index is 559. The predicted molar refractivity (Wildman–Crippen MR) is 81.7 cm³/mol. The molecule has 0 unspecified atom stereocenters. The Hall–Kier alpha value is -1.80. The lowest BCUT2D eigenvalue weighted by Crippen LogP contribution is -2.11. The highest BCUT2D eigenvalue weighted by atomic mass is 35.5. The van der Waals surface area contributed by atoms with Crippen LogP contribution in [0.5, 0.6) is 5.75 Å². The fraction of sp³-hybridized carbons (Fsp3) is 0.235. The summed E-state index contributed by atoms with van der Waals surface area (Å²) in [6.07, 6.45) is 2.14. The standard InChI is InChI=1S/C17H17ClO2/c1-2-3-13-4-6-14(7-5-13)17(19)12-20-16-10-8-15(18)9-11-16/h4-11H,2-3,12H2,1H3. The average Bonchev–Trinajstić information content (AvgIpc) is 2.47. The van der Waals surface area contributed by atoms with Gasteiger partial charge in [0.05, 0.1) is 0 Å². The van der Waals surface area contributed by atoms with Gasteiger partial charge in [0.1, 0.15) is 5.75 Å². The van der Waals surface area contributed by atoms with Crippen molar-refractivity contribution in [1.29, 1.82) is 0 Å². The summed E-state index contributed by atoms with van der Waals surface area (Å²) in [4.78, 5) is 12.0. The second kappa shape index (κ2) is 7.11. The van der Waals surface area contributed by atoms with Gasteiger partial charge in [0.25, 0.3) is 0 Å². The zero-order valence-electron chi connectivity index (χ0n) is 11.4. The van der Waals surface area contributed by atoms with Gasteiger partial charge in [0.15, 0.2) is 12.4 Å². The molecule has 0 aromatic heterocycles. The molecular formula is C17H17ClO2. The third kappa shape index (κ3) is 4.10. The number of rotatable bonds is 6. The monoisotopic (exact) mass is 288 g/mol. The Kier molecular flexibility index (Phi) is 5.19. The average molecular weight is 289 g/mol. The fourth-order valence-corrected chi connectivity index (χ4v) is 2.04. The van der Waals surface area contributed by atoms with E-state index in [0.717, 1.165) is 12.8 Å². The minimum atomic E-state index is -0.0250. The first-order chi connectivity index (χ1) is 9.69. The van der Waals surface area contributed by atoms with E-state index in [-0.39, 0.29) is 12.4 Å². The van der Waals surface area contributed by atoms with Crippen molar-refractivity contribution in [3.8, 4) is 5.75 Å². The first-order valence-electron chi connectivity index (χ1n) is 6.69. The molecule has 2 aromatic carbocycles. The summed E-state index contributed by atoms with van der Waals surface area (Å²) in [6.45, 7) is 2.17. The summed E-state index contributed by atoms with van der Waals surface area (Å²) in [7, 11) is 0. The Morgan fingerprint density at radius 1 is 1.05 bits per heavy atom. The topological polar surface area (TPSA) is 26.3 Å². The quantitative estimate of drug-likeness (QED) is 0.729. The van der Waals surface area contributed by atoms with Crippen molar-refractivity contribution >= 4 is 17.4 Å². The Morgan fingerprint density at radius 3 is 2.30 bits per heavy atom. The van der Waals surface area contributed by atoms with Crippen LogP contribution in [-0.2, 0) is 6.42 Å². The number of ether oxygens (including phenoxy) is 1. The number of hydrogen-bond donors (Lipinski definition) is 0. The van der Waals surface area contributed by atoms with Crippen LogP contribution in [0.3, 0.4) is 0 Å². The maximum atomic E-state index is 12.0. The summed E-state index contributed by atoms with van der Waals surface area (Å²) in [6, 6.07) is 14.7. The first-order valence-corrected chi connectivity index (χ1v) is 7.07. The normalized spacial score (nSPS) is 10.3. The highest BCUT2D eigenvalue weighted by molar-refractivity contribution is 6.30. The lowest BCUT2D eigenvalue weighted by Gasteiger charge is -2.06. The SMILES string of the molecule is CCCc1ccc(C(=O)COc2ccc(Cl)cc2)cc1. The van der Waals surface area contributed by atoms with Crippen LogP contribution in [0.1, 0.15) is 29.3 Å². The van der Waals surface area contributed by atoms with Crippen LogP contribution in [0, 0.1) is 0 Å². The molecule has 0 bridgehead atoms. The fourth-order valence-electron chi connectivity index (χ4n) is 1.91. The van der Waals surface area contributed by atoms with E-state index in [1.54, 1.807) is 24.3 Å². The zero-order valence-corrected chi connectivity index (χ0v) is 12.2. The third-order valence-electron chi connectivity index (χ3n) is 3.00. The van der Waals surface area contributed by atoms with Crippen molar-refractivity contribution in [1.82, 2.24) is 0 Å². The third-order valence-corrected chi connectivity index (χ3v) is 3.25. The van der Waals surface area contributed by atoms with E-state index in [0.29, 0.717) is 16.3 Å². The van der Waals surface area contributed by atoms with E-state index in [1.165, 1.54) is 5.56 Å². The second-order valence-electron chi connectivity index (χ2n) is 4.61. The highest BCUT2D eigenvalue weighted by Crippen LogP contribution is 2.16.